The number of rotatable bonds is 7. The topological polar surface area (TPSA) is 24.6 Å². The summed E-state index contributed by atoms with van der Waals surface area (Å²) in [5.74, 6) is 0.441. The highest BCUT2D eigenvalue weighted by molar-refractivity contribution is 7.26. The van der Waals surface area contributed by atoms with Crippen molar-refractivity contribution < 1.29 is 4.42 Å². The zero-order valence-corrected chi connectivity index (χ0v) is 52.6. The van der Waals surface area contributed by atoms with Gasteiger partial charge >= 0.3 is 0 Å². The number of benzene rings is 13. The molecule has 13 aromatic carbocycles. The van der Waals surface area contributed by atoms with Crippen molar-refractivity contribution in [3.8, 4) is 50.2 Å². The van der Waals surface area contributed by atoms with E-state index in [2.05, 4.69) is 301 Å². The van der Waals surface area contributed by atoms with Gasteiger partial charge in [-0.2, -0.15) is 0 Å². The smallest absolute Gasteiger partial charge is 0.252 e. The Hall–Kier alpha value is -10.7. The average Bonchev–Trinajstić information content (AvgIpc) is 1.02. The van der Waals surface area contributed by atoms with Crippen LogP contribution in [0.2, 0.25) is 0 Å². The van der Waals surface area contributed by atoms with Gasteiger partial charge in [0.25, 0.3) is 6.71 Å². The minimum absolute atomic E-state index is 0. The van der Waals surface area contributed by atoms with Crippen molar-refractivity contribution in [2.75, 3.05) is 9.80 Å². The van der Waals surface area contributed by atoms with Gasteiger partial charge < -0.3 is 18.8 Å². The monoisotopic (exact) mass is 1220 g/mol. The van der Waals surface area contributed by atoms with Crippen LogP contribution in [0, 0.1) is 0 Å². The van der Waals surface area contributed by atoms with Gasteiger partial charge in [0, 0.05) is 92.5 Å². The molecule has 3 aromatic heterocycles. The van der Waals surface area contributed by atoms with Crippen LogP contribution in [0.1, 0.15) is 76.0 Å². The molecule has 1 saturated carbocycles. The maximum absolute atomic E-state index is 6.88. The van der Waals surface area contributed by atoms with Crippen molar-refractivity contribution in [2.24, 2.45) is 0 Å². The molecule has 2 aliphatic carbocycles. The van der Waals surface area contributed by atoms with Crippen molar-refractivity contribution >= 4 is 132 Å². The van der Waals surface area contributed by atoms with Gasteiger partial charge in [-0.05, 0) is 182 Å². The number of fused-ring (bicyclic) bond motifs is 16. The van der Waals surface area contributed by atoms with Gasteiger partial charge in [-0.1, -0.05) is 223 Å². The first-order chi connectivity index (χ1) is 45.9. The molecule has 0 unspecified atom stereocenters. The summed E-state index contributed by atoms with van der Waals surface area (Å²) in [5.41, 5.74) is 30.3. The molecular formula is C88H66BN3OS. The van der Waals surface area contributed by atoms with Crippen LogP contribution in [0.5, 0.6) is 0 Å². The van der Waals surface area contributed by atoms with Crippen molar-refractivity contribution in [3.05, 3.63) is 290 Å². The van der Waals surface area contributed by atoms with Crippen molar-refractivity contribution in [1.29, 1.82) is 0 Å². The Morgan fingerprint density at radius 2 is 0.936 bits per heavy atom. The summed E-state index contributed by atoms with van der Waals surface area (Å²) in [4.78, 5) is 5.26. The molecule has 2 aliphatic heterocycles. The molecule has 4 nitrogen and oxygen atoms in total. The number of anilines is 6. The van der Waals surface area contributed by atoms with E-state index in [1.54, 1.807) is 0 Å². The van der Waals surface area contributed by atoms with Crippen LogP contribution < -0.4 is 26.2 Å². The Morgan fingerprint density at radius 1 is 0.404 bits per heavy atom. The second kappa shape index (κ2) is 20.9. The van der Waals surface area contributed by atoms with E-state index in [9.17, 15) is 0 Å². The molecule has 0 atom stereocenters. The van der Waals surface area contributed by atoms with E-state index in [-0.39, 0.29) is 19.6 Å². The van der Waals surface area contributed by atoms with Gasteiger partial charge in [0.05, 0.1) is 11.0 Å². The molecular weight excluding hydrogens is 1160 g/mol. The lowest BCUT2D eigenvalue weighted by molar-refractivity contribution is 0.444. The van der Waals surface area contributed by atoms with E-state index in [0.717, 1.165) is 50.1 Å². The zero-order chi connectivity index (χ0) is 61.2. The van der Waals surface area contributed by atoms with E-state index in [4.69, 9.17) is 4.42 Å². The van der Waals surface area contributed by atoms with Crippen LogP contribution >= 0.6 is 11.3 Å². The van der Waals surface area contributed by atoms with E-state index in [1.165, 1.54) is 163 Å². The molecule has 0 N–H and O–H groups in total. The Labute approximate surface area is 552 Å². The van der Waals surface area contributed by atoms with Crippen molar-refractivity contribution in [1.82, 2.24) is 4.57 Å². The lowest BCUT2D eigenvalue weighted by atomic mass is 9.33. The third-order valence-corrected chi connectivity index (χ3v) is 22.8. The molecule has 5 heterocycles. The van der Waals surface area contributed by atoms with Crippen LogP contribution in [0.15, 0.2) is 277 Å². The lowest BCUT2D eigenvalue weighted by Crippen LogP contribution is -2.61. The van der Waals surface area contributed by atoms with E-state index in [0.29, 0.717) is 5.92 Å². The SMILES string of the molecule is C.CC1(C)c2ccccc2-c2ccc(-c3ccc(N4c5ccc(-c6cccc7c6sc6ccccc67)cc5B5c6cc(-c7cccc8c7oc7ccccc78)ccc6N(c6ccc(-n7c8ccccc8c8ccccc87)cc6)c6cc(C7CCCCC7)cc4c65)cc3)cc21. The maximum Gasteiger partial charge on any atom is 0.252 e. The van der Waals surface area contributed by atoms with Crippen LogP contribution in [-0.2, 0) is 5.41 Å². The fourth-order valence-corrected chi connectivity index (χ4v) is 18.4. The van der Waals surface area contributed by atoms with E-state index < -0.39 is 0 Å². The average molecular weight is 1220 g/mol. The number of hydrogen-bond acceptors (Lipinski definition) is 4. The molecule has 0 radical (unpaired) electrons. The van der Waals surface area contributed by atoms with Gasteiger partial charge in [-0.15, -0.1) is 11.3 Å². The highest BCUT2D eigenvalue weighted by Crippen LogP contribution is 2.52. The van der Waals surface area contributed by atoms with Crippen molar-refractivity contribution in [2.45, 2.75) is 64.7 Å². The molecule has 0 spiro atoms. The lowest BCUT2D eigenvalue weighted by Gasteiger charge is -2.45. The molecule has 448 valence electrons. The predicted octanol–water partition coefficient (Wildman–Crippen LogP) is 23.1. The summed E-state index contributed by atoms with van der Waals surface area (Å²) >= 11 is 1.91. The largest absolute Gasteiger partial charge is 0.455 e. The number of thiophene rings is 1. The fourth-order valence-electron chi connectivity index (χ4n) is 17.2. The zero-order valence-electron chi connectivity index (χ0n) is 51.8. The third-order valence-electron chi connectivity index (χ3n) is 21.6. The van der Waals surface area contributed by atoms with Gasteiger partial charge in [0.15, 0.2) is 0 Å². The number of para-hydroxylation sites is 4. The molecule has 4 aliphatic rings. The van der Waals surface area contributed by atoms with Crippen LogP contribution in [0.25, 0.3) is 114 Å². The Bertz CT molecular complexity index is 5750. The molecule has 1 fully saturated rings. The number of aromatic nitrogens is 1. The third kappa shape index (κ3) is 8.05. The molecule has 20 rings (SSSR count). The van der Waals surface area contributed by atoms with Crippen LogP contribution in [-0.4, -0.2) is 11.3 Å². The standard InChI is InChI=1S/C87H62BN3OS.CH4/c1-87(2)72-29-11-6-20-64(72)65-45-36-55(48-73(65)87)54-34-39-59(40-35-54)90-79-47-38-57(63-26-17-28-71-69-24-10-15-33-83(69)93-86(63)71)50-75(79)88-74-49-56(62-25-16-27-70-68-23-9-14-32-82(68)92-85(62)70)37-46-78(74)91(81-52-58(51-80(90)84(81)88)53-18-4-3-5-19-53)61-43-41-60(42-44-61)89-76-30-12-7-21-66(76)67-22-8-13-31-77(67)89;/h6-17,20-53H,3-5,18-19H2,1-2H3;1H4. The highest BCUT2D eigenvalue weighted by Gasteiger charge is 2.45. The van der Waals surface area contributed by atoms with Gasteiger partial charge in [-0.3, -0.25) is 0 Å². The summed E-state index contributed by atoms with van der Waals surface area (Å²) in [6.07, 6.45) is 6.14. The first-order valence-electron chi connectivity index (χ1n) is 33.2. The molecule has 6 heteroatoms. The first kappa shape index (κ1) is 55.0. The van der Waals surface area contributed by atoms with E-state index in [1.807, 2.05) is 11.3 Å². The fraction of sp³-hybridized carbons (Fsp3) is 0.114. The summed E-state index contributed by atoms with van der Waals surface area (Å²) < 4.78 is 11.9. The highest BCUT2D eigenvalue weighted by atomic mass is 32.1. The summed E-state index contributed by atoms with van der Waals surface area (Å²) in [5, 5.41) is 7.39. The van der Waals surface area contributed by atoms with E-state index >= 15 is 0 Å². The van der Waals surface area contributed by atoms with Crippen molar-refractivity contribution in [3.63, 3.8) is 0 Å². The molecule has 0 bridgehead atoms. The predicted molar refractivity (Wildman–Crippen MR) is 401 cm³/mol. The molecule has 0 amide bonds. The summed E-state index contributed by atoms with van der Waals surface area (Å²) in [6.45, 7) is 4.62. The Morgan fingerprint density at radius 3 is 1.65 bits per heavy atom. The number of furan rings is 1. The first-order valence-corrected chi connectivity index (χ1v) is 34.0. The van der Waals surface area contributed by atoms with Crippen LogP contribution in [0.3, 0.4) is 0 Å². The molecule has 16 aromatic rings. The van der Waals surface area contributed by atoms with Crippen LogP contribution in [0.4, 0.5) is 34.1 Å². The maximum atomic E-state index is 6.88. The normalized spacial score (nSPS) is 14.6. The Kier molecular flexibility index (Phi) is 12.3. The van der Waals surface area contributed by atoms with Gasteiger partial charge in [0.1, 0.15) is 11.2 Å². The molecule has 94 heavy (non-hydrogen) atoms. The number of nitrogens with zero attached hydrogens (tertiary/aromatic N) is 3. The summed E-state index contributed by atoms with van der Waals surface area (Å²) in [7, 11) is 0. The van der Waals surface area contributed by atoms with Gasteiger partial charge in [-0.25, -0.2) is 0 Å². The van der Waals surface area contributed by atoms with Gasteiger partial charge in [0.2, 0.25) is 0 Å². The number of hydrogen-bond donors (Lipinski definition) is 0. The minimum Gasteiger partial charge on any atom is -0.455 e. The second-order valence-electron chi connectivity index (χ2n) is 26.9. The minimum atomic E-state index is -0.140. The molecule has 0 saturated heterocycles. The quantitative estimate of drug-likeness (QED) is 0.149. The second-order valence-corrected chi connectivity index (χ2v) is 27.9. The Balaban J connectivity index is 0.00000627. The summed E-state index contributed by atoms with van der Waals surface area (Å²) in [6, 6.07) is 104.